The van der Waals surface area contributed by atoms with Gasteiger partial charge in [0.1, 0.15) is 5.76 Å². The van der Waals surface area contributed by atoms with Crippen molar-refractivity contribution in [3.63, 3.8) is 0 Å². The number of hydrogen-bond donors (Lipinski definition) is 1. The zero-order chi connectivity index (χ0) is 9.97. The molecular formula is C10H11N3O. The van der Waals surface area contributed by atoms with Gasteiger partial charge in [0.2, 0.25) is 5.89 Å². The highest BCUT2D eigenvalue weighted by Gasteiger charge is 2.08. The summed E-state index contributed by atoms with van der Waals surface area (Å²) in [5.41, 5.74) is 6.57. The molecule has 72 valence electrons. The number of aromatic nitrogens is 2. The standard InChI is InChI=1S/C10H11N3O/c1-7(11)9-6-13-10(14-9)8-2-4-12-5-3-8/h2-7H,11H2,1H3. The molecule has 0 fully saturated rings. The first-order valence-corrected chi connectivity index (χ1v) is 4.39. The summed E-state index contributed by atoms with van der Waals surface area (Å²) in [4.78, 5) is 8.05. The number of hydrogen-bond acceptors (Lipinski definition) is 4. The lowest BCUT2D eigenvalue weighted by Gasteiger charge is -1.97. The molecule has 0 bridgehead atoms. The average molecular weight is 189 g/mol. The predicted molar refractivity (Wildman–Crippen MR) is 52.3 cm³/mol. The molecule has 0 amide bonds. The number of nitrogens with zero attached hydrogens (tertiary/aromatic N) is 2. The summed E-state index contributed by atoms with van der Waals surface area (Å²) in [6.45, 7) is 1.86. The van der Waals surface area contributed by atoms with Gasteiger partial charge in [-0.05, 0) is 19.1 Å². The maximum atomic E-state index is 5.66. The Morgan fingerprint density at radius 2 is 2.07 bits per heavy atom. The highest BCUT2D eigenvalue weighted by Crippen LogP contribution is 2.20. The van der Waals surface area contributed by atoms with Crippen molar-refractivity contribution in [3.05, 3.63) is 36.5 Å². The minimum absolute atomic E-state index is 0.127. The lowest BCUT2D eigenvalue weighted by atomic mass is 10.3. The Kier molecular flexibility index (Phi) is 2.28. The van der Waals surface area contributed by atoms with Crippen molar-refractivity contribution in [3.8, 4) is 11.5 Å². The van der Waals surface area contributed by atoms with Gasteiger partial charge in [0.15, 0.2) is 0 Å². The maximum absolute atomic E-state index is 5.66. The molecule has 0 saturated carbocycles. The van der Waals surface area contributed by atoms with Crippen molar-refractivity contribution in [2.75, 3.05) is 0 Å². The van der Waals surface area contributed by atoms with Crippen LogP contribution in [-0.4, -0.2) is 9.97 Å². The van der Waals surface area contributed by atoms with Gasteiger partial charge in [0.25, 0.3) is 0 Å². The van der Waals surface area contributed by atoms with E-state index >= 15 is 0 Å². The van der Waals surface area contributed by atoms with E-state index in [0.717, 1.165) is 5.56 Å². The first kappa shape index (κ1) is 8.90. The topological polar surface area (TPSA) is 64.9 Å². The molecule has 0 aromatic carbocycles. The molecule has 14 heavy (non-hydrogen) atoms. The van der Waals surface area contributed by atoms with E-state index in [2.05, 4.69) is 9.97 Å². The Labute approximate surface area is 81.8 Å². The first-order valence-electron chi connectivity index (χ1n) is 4.39. The molecule has 0 saturated heterocycles. The third kappa shape index (κ3) is 1.65. The zero-order valence-corrected chi connectivity index (χ0v) is 7.84. The van der Waals surface area contributed by atoms with Crippen LogP contribution in [-0.2, 0) is 0 Å². The molecule has 2 N–H and O–H groups in total. The van der Waals surface area contributed by atoms with Gasteiger partial charge in [-0.15, -0.1) is 0 Å². The van der Waals surface area contributed by atoms with E-state index in [1.54, 1.807) is 18.6 Å². The van der Waals surface area contributed by atoms with Crippen LogP contribution in [0.1, 0.15) is 18.7 Å². The fraction of sp³-hybridized carbons (Fsp3) is 0.200. The Bertz CT molecular complexity index is 408. The highest BCUT2D eigenvalue weighted by molar-refractivity contribution is 5.51. The van der Waals surface area contributed by atoms with E-state index in [-0.39, 0.29) is 6.04 Å². The van der Waals surface area contributed by atoms with Crippen LogP contribution in [0.2, 0.25) is 0 Å². The van der Waals surface area contributed by atoms with Crippen LogP contribution in [0.4, 0.5) is 0 Å². The fourth-order valence-corrected chi connectivity index (χ4v) is 1.13. The quantitative estimate of drug-likeness (QED) is 0.781. The lowest BCUT2D eigenvalue weighted by Crippen LogP contribution is -2.02. The molecule has 4 nitrogen and oxygen atoms in total. The number of pyridine rings is 1. The van der Waals surface area contributed by atoms with Crippen LogP contribution < -0.4 is 5.73 Å². The van der Waals surface area contributed by atoms with Gasteiger partial charge in [-0.1, -0.05) is 0 Å². The van der Waals surface area contributed by atoms with E-state index in [0.29, 0.717) is 11.7 Å². The van der Waals surface area contributed by atoms with Crippen molar-refractivity contribution in [1.82, 2.24) is 9.97 Å². The van der Waals surface area contributed by atoms with Gasteiger partial charge in [0, 0.05) is 18.0 Å². The zero-order valence-electron chi connectivity index (χ0n) is 7.84. The molecule has 2 aromatic rings. The van der Waals surface area contributed by atoms with E-state index < -0.39 is 0 Å². The molecule has 1 unspecified atom stereocenters. The minimum Gasteiger partial charge on any atom is -0.440 e. The van der Waals surface area contributed by atoms with Crippen LogP contribution in [0.5, 0.6) is 0 Å². The molecule has 2 rings (SSSR count). The van der Waals surface area contributed by atoms with Gasteiger partial charge in [0.05, 0.1) is 12.2 Å². The second-order valence-electron chi connectivity index (χ2n) is 3.09. The molecule has 0 aliphatic rings. The van der Waals surface area contributed by atoms with Gasteiger partial charge >= 0.3 is 0 Å². The molecular weight excluding hydrogens is 178 g/mol. The van der Waals surface area contributed by atoms with Gasteiger partial charge in [-0.25, -0.2) is 4.98 Å². The molecule has 0 aliphatic carbocycles. The van der Waals surface area contributed by atoms with E-state index in [4.69, 9.17) is 10.2 Å². The first-order chi connectivity index (χ1) is 6.77. The third-order valence-corrected chi connectivity index (χ3v) is 1.90. The van der Waals surface area contributed by atoms with Gasteiger partial charge in [-0.2, -0.15) is 0 Å². The maximum Gasteiger partial charge on any atom is 0.226 e. The summed E-state index contributed by atoms with van der Waals surface area (Å²) in [5.74, 6) is 1.27. The second-order valence-corrected chi connectivity index (χ2v) is 3.09. The number of nitrogens with two attached hydrogens (primary N) is 1. The van der Waals surface area contributed by atoms with Crippen molar-refractivity contribution < 1.29 is 4.42 Å². The predicted octanol–water partition coefficient (Wildman–Crippen LogP) is 1.76. The SMILES string of the molecule is CC(N)c1cnc(-c2ccncc2)o1. The average Bonchev–Trinajstić information content (AvgIpc) is 2.68. The smallest absolute Gasteiger partial charge is 0.226 e. The monoisotopic (exact) mass is 189 g/mol. The molecule has 0 spiro atoms. The van der Waals surface area contributed by atoms with Crippen molar-refractivity contribution in [2.45, 2.75) is 13.0 Å². The van der Waals surface area contributed by atoms with Crippen molar-refractivity contribution in [1.29, 1.82) is 0 Å². The van der Waals surface area contributed by atoms with Crippen LogP contribution in [0.3, 0.4) is 0 Å². The molecule has 1 atom stereocenters. The minimum atomic E-state index is -0.127. The third-order valence-electron chi connectivity index (χ3n) is 1.90. The summed E-state index contributed by atoms with van der Waals surface area (Å²) in [6, 6.07) is 3.56. The normalized spacial score (nSPS) is 12.7. The lowest BCUT2D eigenvalue weighted by molar-refractivity contribution is 0.488. The van der Waals surface area contributed by atoms with E-state index in [1.807, 2.05) is 19.1 Å². The number of oxazole rings is 1. The van der Waals surface area contributed by atoms with Gasteiger partial charge in [-0.3, -0.25) is 4.98 Å². The van der Waals surface area contributed by atoms with Crippen LogP contribution in [0.15, 0.2) is 35.1 Å². The highest BCUT2D eigenvalue weighted by atomic mass is 16.4. The fourth-order valence-electron chi connectivity index (χ4n) is 1.13. The van der Waals surface area contributed by atoms with Crippen LogP contribution >= 0.6 is 0 Å². The molecule has 0 radical (unpaired) electrons. The summed E-state index contributed by atoms with van der Waals surface area (Å²) < 4.78 is 5.47. The molecule has 2 aromatic heterocycles. The Balaban J connectivity index is 2.34. The van der Waals surface area contributed by atoms with Crippen LogP contribution in [0, 0.1) is 0 Å². The molecule has 4 heteroatoms. The Morgan fingerprint density at radius 3 is 2.64 bits per heavy atom. The second kappa shape index (κ2) is 3.59. The van der Waals surface area contributed by atoms with Crippen molar-refractivity contribution >= 4 is 0 Å². The summed E-state index contributed by atoms with van der Waals surface area (Å²) in [7, 11) is 0. The van der Waals surface area contributed by atoms with E-state index in [9.17, 15) is 0 Å². The molecule has 0 aliphatic heterocycles. The number of rotatable bonds is 2. The van der Waals surface area contributed by atoms with E-state index in [1.165, 1.54) is 0 Å². The molecule has 2 heterocycles. The van der Waals surface area contributed by atoms with Gasteiger partial charge < -0.3 is 10.2 Å². The summed E-state index contributed by atoms with van der Waals surface area (Å²) in [5, 5.41) is 0. The van der Waals surface area contributed by atoms with Crippen molar-refractivity contribution in [2.24, 2.45) is 5.73 Å². The largest absolute Gasteiger partial charge is 0.440 e. The Morgan fingerprint density at radius 1 is 1.36 bits per heavy atom. The Hall–Kier alpha value is -1.68. The summed E-state index contributed by atoms with van der Waals surface area (Å²) >= 11 is 0. The summed E-state index contributed by atoms with van der Waals surface area (Å²) in [6.07, 6.45) is 5.05. The van der Waals surface area contributed by atoms with Crippen LogP contribution in [0.25, 0.3) is 11.5 Å².